The van der Waals surface area contributed by atoms with E-state index in [0.717, 1.165) is 6.08 Å². The summed E-state index contributed by atoms with van der Waals surface area (Å²) in [6.07, 6.45) is 5.21. The second kappa shape index (κ2) is 8.16. The molecule has 0 aliphatic heterocycles. The van der Waals surface area contributed by atoms with Gasteiger partial charge in [0.1, 0.15) is 35.3 Å². The molecule has 0 radical (unpaired) electrons. The van der Waals surface area contributed by atoms with E-state index in [1.807, 2.05) is 13.8 Å². The minimum Gasteiger partial charge on any atom is -0.432 e. The van der Waals surface area contributed by atoms with E-state index in [2.05, 4.69) is 15.2 Å². The zero-order chi connectivity index (χ0) is 23.2. The van der Waals surface area contributed by atoms with Gasteiger partial charge in [-0.15, -0.1) is 10.2 Å². The van der Waals surface area contributed by atoms with Crippen molar-refractivity contribution >= 4 is 11.5 Å². The van der Waals surface area contributed by atoms with Crippen LogP contribution in [0.25, 0.3) is 22.9 Å². The molecule has 0 aromatic carbocycles. The number of imidazole rings is 1. The Morgan fingerprint density at radius 2 is 2.06 bits per heavy atom. The molecule has 4 heterocycles. The summed E-state index contributed by atoms with van der Waals surface area (Å²) in [5.74, 6) is -0.630. The van der Waals surface area contributed by atoms with Crippen molar-refractivity contribution in [2.24, 2.45) is 0 Å². The number of hydrogen-bond donors (Lipinski definition) is 0. The van der Waals surface area contributed by atoms with Gasteiger partial charge in [0.25, 0.3) is 0 Å². The molecule has 0 amide bonds. The number of methoxy groups -OCH3 is 1. The molecule has 0 bridgehead atoms. The molecule has 1 aliphatic carbocycles. The molecule has 0 fully saturated rings. The Morgan fingerprint density at radius 1 is 1.21 bits per heavy atom. The van der Waals surface area contributed by atoms with E-state index in [1.54, 1.807) is 34.4 Å². The second-order valence-electron chi connectivity index (χ2n) is 8.15. The molecular formula is C22H22F2N6O3. The lowest BCUT2D eigenvalue weighted by atomic mass is 9.93. The van der Waals surface area contributed by atoms with Crippen LogP contribution in [0.1, 0.15) is 31.3 Å². The van der Waals surface area contributed by atoms with Gasteiger partial charge in [-0.25, -0.2) is 8.78 Å². The summed E-state index contributed by atoms with van der Waals surface area (Å²) in [5.41, 5.74) is 1.14. The Labute approximate surface area is 187 Å². The number of allylic oxidation sites excluding steroid dienone is 4. The Bertz CT molecular complexity index is 1370. The maximum absolute atomic E-state index is 14.8. The largest absolute Gasteiger partial charge is 0.432 e. The van der Waals surface area contributed by atoms with E-state index in [0.29, 0.717) is 41.8 Å². The lowest BCUT2D eigenvalue weighted by Crippen LogP contribution is -2.27. The summed E-state index contributed by atoms with van der Waals surface area (Å²) in [5, 5.41) is 13.2. The first-order valence-corrected chi connectivity index (χ1v) is 10.4. The van der Waals surface area contributed by atoms with Gasteiger partial charge in [-0.2, -0.15) is 14.6 Å². The molecule has 33 heavy (non-hydrogen) atoms. The monoisotopic (exact) mass is 456 g/mol. The number of rotatable bonds is 7. The predicted octanol–water partition coefficient (Wildman–Crippen LogP) is 3.78. The SMILES string of the molecule is COCCOC(C)(C)c1nnc2ccc(-c3c(C4C=CC(F)=CC4F)nc4occn34)nn12. The standard InChI is InChI=1S/C22H22F2N6O3/c1-22(2,33-11-10-31-3)20-27-26-17-7-6-16(28-30(17)20)19-18(25-21-29(19)8-9-32-21)14-5-4-13(23)12-15(14)24/h4-9,12,14-15H,10-11H2,1-3H3. The average Bonchev–Trinajstić information content (AvgIpc) is 3.47. The Morgan fingerprint density at radius 3 is 2.85 bits per heavy atom. The van der Waals surface area contributed by atoms with Crippen molar-refractivity contribution in [3.05, 3.63) is 60.2 Å². The number of aromatic nitrogens is 6. The number of alkyl halides is 1. The number of ether oxygens (including phenoxy) is 2. The van der Waals surface area contributed by atoms with Gasteiger partial charge in [0.05, 0.1) is 24.8 Å². The summed E-state index contributed by atoms with van der Waals surface area (Å²) in [6.45, 7) is 4.54. The van der Waals surface area contributed by atoms with Gasteiger partial charge in [0.15, 0.2) is 11.5 Å². The van der Waals surface area contributed by atoms with E-state index in [4.69, 9.17) is 19.0 Å². The summed E-state index contributed by atoms with van der Waals surface area (Å²) >= 11 is 0. The quantitative estimate of drug-likeness (QED) is 0.391. The highest BCUT2D eigenvalue weighted by Crippen LogP contribution is 2.36. The highest BCUT2D eigenvalue weighted by Gasteiger charge is 2.32. The Balaban J connectivity index is 1.62. The van der Waals surface area contributed by atoms with Crippen LogP contribution in [-0.2, 0) is 15.1 Å². The first-order chi connectivity index (χ1) is 15.9. The zero-order valence-electron chi connectivity index (χ0n) is 18.3. The number of fused-ring (bicyclic) bond motifs is 2. The fourth-order valence-corrected chi connectivity index (χ4v) is 3.88. The number of nitrogens with zero attached hydrogens (tertiary/aromatic N) is 6. The molecule has 0 saturated carbocycles. The third-order valence-corrected chi connectivity index (χ3v) is 5.52. The molecule has 5 rings (SSSR count). The third-order valence-electron chi connectivity index (χ3n) is 5.52. The van der Waals surface area contributed by atoms with Gasteiger partial charge in [-0.3, -0.25) is 4.40 Å². The van der Waals surface area contributed by atoms with E-state index >= 15 is 0 Å². The lowest BCUT2D eigenvalue weighted by molar-refractivity contribution is -0.0496. The smallest absolute Gasteiger partial charge is 0.306 e. The van der Waals surface area contributed by atoms with Crippen LogP contribution in [-0.4, -0.2) is 55.7 Å². The minimum atomic E-state index is -1.57. The molecule has 4 aromatic heterocycles. The highest BCUT2D eigenvalue weighted by atomic mass is 19.1. The van der Waals surface area contributed by atoms with E-state index in [1.165, 1.54) is 18.4 Å². The topological polar surface area (TPSA) is 92.0 Å². The normalized spacial score (nSPS) is 19.0. The van der Waals surface area contributed by atoms with Gasteiger partial charge >= 0.3 is 5.84 Å². The first kappa shape index (κ1) is 21.4. The van der Waals surface area contributed by atoms with Gasteiger partial charge in [-0.05, 0) is 38.1 Å². The van der Waals surface area contributed by atoms with Gasteiger partial charge < -0.3 is 13.9 Å². The summed E-state index contributed by atoms with van der Waals surface area (Å²) in [7, 11) is 1.60. The Hall–Kier alpha value is -3.44. The minimum absolute atomic E-state index is 0.282. The number of oxazole rings is 1. The zero-order valence-corrected chi connectivity index (χ0v) is 18.3. The fraction of sp³-hybridized carbons (Fsp3) is 0.364. The molecule has 2 atom stereocenters. The van der Waals surface area contributed by atoms with Crippen LogP contribution in [0.2, 0.25) is 0 Å². The summed E-state index contributed by atoms with van der Waals surface area (Å²) in [6, 6.07) is 3.51. The van der Waals surface area contributed by atoms with Crippen LogP contribution in [0.4, 0.5) is 8.78 Å². The molecule has 172 valence electrons. The molecule has 0 saturated heterocycles. The second-order valence-corrected chi connectivity index (χ2v) is 8.15. The molecule has 1 aliphatic rings. The molecule has 0 spiro atoms. The molecular weight excluding hydrogens is 434 g/mol. The van der Waals surface area contributed by atoms with Crippen molar-refractivity contribution in [2.75, 3.05) is 20.3 Å². The van der Waals surface area contributed by atoms with Crippen LogP contribution in [0.15, 0.2) is 53.1 Å². The third kappa shape index (κ3) is 3.72. The average molecular weight is 456 g/mol. The first-order valence-electron chi connectivity index (χ1n) is 10.4. The van der Waals surface area contributed by atoms with Crippen LogP contribution in [0, 0.1) is 0 Å². The van der Waals surface area contributed by atoms with E-state index < -0.39 is 23.5 Å². The van der Waals surface area contributed by atoms with Crippen molar-refractivity contribution in [1.29, 1.82) is 0 Å². The van der Waals surface area contributed by atoms with Gasteiger partial charge in [-0.1, -0.05) is 6.08 Å². The maximum Gasteiger partial charge on any atom is 0.306 e. The molecule has 9 nitrogen and oxygen atoms in total. The predicted molar refractivity (Wildman–Crippen MR) is 114 cm³/mol. The lowest BCUT2D eigenvalue weighted by Gasteiger charge is -2.23. The summed E-state index contributed by atoms with van der Waals surface area (Å²) in [4.78, 5) is 4.47. The summed E-state index contributed by atoms with van der Waals surface area (Å²) < 4.78 is 48.0. The van der Waals surface area contributed by atoms with Crippen molar-refractivity contribution in [2.45, 2.75) is 31.5 Å². The van der Waals surface area contributed by atoms with E-state index in [-0.39, 0.29) is 5.84 Å². The van der Waals surface area contributed by atoms with Gasteiger partial charge in [0.2, 0.25) is 0 Å². The van der Waals surface area contributed by atoms with Crippen LogP contribution in [0.5, 0.6) is 0 Å². The molecule has 0 N–H and O–H groups in total. The maximum atomic E-state index is 14.8. The van der Waals surface area contributed by atoms with Crippen LogP contribution < -0.4 is 0 Å². The van der Waals surface area contributed by atoms with Gasteiger partial charge in [0, 0.05) is 13.3 Å². The van der Waals surface area contributed by atoms with E-state index in [9.17, 15) is 8.78 Å². The van der Waals surface area contributed by atoms with Crippen LogP contribution in [0.3, 0.4) is 0 Å². The van der Waals surface area contributed by atoms with Crippen molar-refractivity contribution in [1.82, 2.24) is 29.2 Å². The van der Waals surface area contributed by atoms with Crippen LogP contribution >= 0.6 is 0 Å². The van der Waals surface area contributed by atoms with Crippen molar-refractivity contribution < 1.29 is 22.7 Å². The molecule has 11 heteroatoms. The van der Waals surface area contributed by atoms with Crippen molar-refractivity contribution in [3.8, 4) is 11.4 Å². The fourth-order valence-electron chi connectivity index (χ4n) is 3.88. The number of halogens is 2. The molecule has 4 aromatic rings. The number of hydrogen-bond acceptors (Lipinski definition) is 7. The van der Waals surface area contributed by atoms with Crippen molar-refractivity contribution in [3.63, 3.8) is 0 Å². The highest BCUT2D eigenvalue weighted by molar-refractivity contribution is 5.65. The Kier molecular flexibility index (Phi) is 5.29. The molecule has 2 unspecified atom stereocenters.